The third-order valence-electron chi connectivity index (χ3n) is 3.05. The number of benzene rings is 1. The quantitative estimate of drug-likeness (QED) is 0.761. The topological polar surface area (TPSA) is 61.7 Å². The molecule has 0 bridgehead atoms. The molecule has 5 nitrogen and oxygen atoms in total. The van der Waals surface area contributed by atoms with E-state index in [1.165, 1.54) is 5.56 Å². The van der Waals surface area contributed by atoms with Gasteiger partial charge in [-0.05, 0) is 30.7 Å². The summed E-state index contributed by atoms with van der Waals surface area (Å²) in [5.74, 6) is 0.558. The standard InChI is InChI=1S/C13H15N5/c1-10-3-4-12-11(9-10)16-13(14)18(12)8-7-17-6-2-5-15-17/h2-6,9H,7-8H2,1H3,(H2,14,16). The van der Waals surface area contributed by atoms with Crippen molar-refractivity contribution in [2.45, 2.75) is 20.0 Å². The van der Waals surface area contributed by atoms with E-state index in [0.717, 1.165) is 24.1 Å². The number of nitrogens with zero attached hydrogens (tertiary/aromatic N) is 4. The molecule has 2 aromatic heterocycles. The van der Waals surface area contributed by atoms with Gasteiger partial charge in [0, 0.05) is 18.9 Å². The molecule has 3 rings (SSSR count). The Morgan fingerprint density at radius 3 is 2.94 bits per heavy atom. The number of nitrogen functional groups attached to an aromatic ring is 1. The van der Waals surface area contributed by atoms with Crippen molar-refractivity contribution in [3.8, 4) is 0 Å². The zero-order chi connectivity index (χ0) is 12.5. The minimum absolute atomic E-state index is 0.558. The lowest BCUT2D eigenvalue weighted by Gasteiger charge is -2.06. The first kappa shape index (κ1) is 10.8. The van der Waals surface area contributed by atoms with E-state index >= 15 is 0 Å². The fraction of sp³-hybridized carbons (Fsp3) is 0.231. The van der Waals surface area contributed by atoms with Crippen LogP contribution in [-0.4, -0.2) is 19.3 Å². The Kier molecular flexibility index (Phi) is 2.51. The molecular formula is C13H15N5. The van der Waals surface area contributed by atoms with Gasteiger partial charge in [0.05, 0.1) is 17.6 Å². The summed E-state index contributed by atoms with van der Waals surface area (Å²) < 4.78 is 3.91. The molecule has 0 spiro atoms. The van der Waals surface area contributed by atoms with E-state index in [-0.39, 0.29) is 0 Å². The first-order valence-electron chi connectivity index (χ1n) is 5.94. The lowest BCUT2D eigenvalue weighted by Crippen LogP contribution is -2.10. The highest BCUT2D eigenvalue weighted by atomic mass is 15.3. The van der Waals surface area contributed by atoms with Gasteiger partial charge in [0.2, 0.25) is 5.95 Å². The number of fused-ring (bicyclic) bond motifs is 1. The predicted octanol–water partition coefficient (Wildman–Crippen LogP) is 1.82. The largest absolute Gasteiger partial charge is 0.369 e. The van der Waals surface area contributed by atoms with E-state index in [0.29, 0.717) is 5.95 Å². The first-order chi connectivity index (χ1) is 8.74. The number of aromatic nitrogens is 4. The average Bonchev–Trinajstić information content (AvgIpc) is 2.93. The molecule has 3 aromatic rings. The monoisotopic (exact) mass is 241 g/mol. The van der Waals surface area contributed by atoms with Crippen LogP contribution in [0.5, 0.6) is 0 Å². The molecule has 5 heteroatoms. The summed E-state index contributed by atoms with van der Waals surface area (Å²) in [4.78, 5) is 4.38. The summed E-state index contributed by atoms with van der Waals surface area (Å²) in [7, 11) is 0. The molecule has 0 fully saturated rings. The molecule has 0 aliphatic heterocycles. The van der Waals surface area contributed by atoms with Crippen molar-refractivity contribution in [3.63, 3.8) is 0 Å². The molecule has 18 heavy (non-hydrogen) atoms. The molecule has 1 aromatic carbocycles. The highest BCUT2D eigenvalue weighted by Gasteiger charge is 2.07. The second-order valence-electron chi connectivity index (χ2n) is 4.38. The van der Waals surface area contributed by atoms with Crippen LogP contribution < -0.4 is 5.73 Å². The number of nitrogens with two attached hydrogens (primary N) is 1. The van der Waals surface area contributed by atoms with Crippen molar-refractivity contribution >= 4 is 17.0 Å². The third kappa shape index (κ3) is 1.84. The van der Waals surface area contributed by atoms with E-state index in [4.69, 9.17) is 5.73 Å². The van der Waals surface area contributed by atoms with Gasteiger partial charge >= 0.3 is 0 Å². The zero-order valence-corrected chi connectivity index (χ0v) is 10.2. The Morgan fingerprint density at radius 1 is 1.28 bits per heavy atom. The summed E-state index contributed by atoms with van der Waals surface area (Å²) >= 11 is 0. The minimum atomic E-state index is 0.558. The second kappa shape index (κ2) is 4.18. The van der Waals surface area contributed by atoms with Crippen molar-refractivity contribution in [3.05, 3.63) is 42.2 Å². The number of hydrogen-bond acceptors (Lipinski definition) is 3. The number of imidazole rings is 1. The van der Waals surface area contributed by atoms with Crippen molar-refractivity contribution in [2.24, 2.45) is 0 Å². The Hall–Kier alpha value is -2.30. The van der Waals surface area contributed by atoms with Crippen molar-refractivity contribution < 1.29 is 0 Å². The van der Waals surface area contributed by atoms with Crippen LogP contribution in [0.1, 0.15) is 5.56 Å². The predicted molar refractivity (Wildman–Crippen MR) is 71.1 cm³/mol. The van der Waals surface area contributed by atoms with E-state index in [1.807, 2.05) is 21.5 Å². The summed E-state index contributed by atoms with van der Waals surface area (Å²) in [6, 6.07) is 8.11. The first-order valence-corrected chi connectivity index (χ1v) is 5.94. The molecule has 0 radical (unpaired) electrons. The van der Waals surface area contributed by atoms with Crippen LogP contribution in [0.4, 0.5) is 5.95 Å². The molecule has 2 heterocycles. The van der Waals surface area contributed by atoms with Gasteiger partial charge in [0.15, 0.2) is 0 Å². The second-order valence-corrected chi connectivity index (χ2v) is 4.38. The maximum absolute atomic E-state index is 5.97. The molecule has 0 unspecified atom stereocenters. The zero-order valence-electron chi connectivity index (χ0n) is 10.2. The van der Waals surface area contributed by atoms with Gasteiger partial charge in [-0.25, -0.2) is 4.98 Å². The Balaban J connectivity index is 1.93. The molecule has 0 aliphatic rings. The van der Waals surface area contributed by atoms with Crippen molar-refractivity contribution in [2.75, 3.05) is 5.73 Å². The number of hydrogen-bond donors (Lipinski definition) is 1. The Morgan fingerprint density at radius 2 is 2.17 bits per heavy atom. The average molecular weight is 241 g/mol. The SMILES string of the molecule is Cc1ccc2c(c1)nc(N)n2CCn1cccn1. The van der Waals surface area contributed by atoms with Gasteiger partial charge in [0.25, 0.3) is 0 Å². The van der Waals surface area contributed by atoms with Crippen LogP contribution in [0.2, 0.25) is 0 Å². The number of anilines is 1. The molecule has 0 saturated carbocycles. The Bertz CT molecular complexity index is 666. The summed E-state index contributed by atoms with van der Waals surface area (Å²) in [6.07, 6.45) is 3.72. The lowest BCUT2D eigenvalue weighted by atomic mass is 10.2. The van der Waals surface area contributed by atoms with E-state index in [9.17, 15) is 0 Å². The smallest absolute Gasteiger partial charge is 0.201 e. The van der Waals surface area contributed by atoms with E-state index < -0.39 is 0 Å². The number of aryl methyl sites for hydroxylation is 3. The molecule has 0 saturated heterocycles. The highest BCUT2D eigenvalue weighted by molar-refractivity contribution is 5.79. The lowest BCUT2D eigenvalue weighted by molar-refractivity contribution is 0.545. The van der Waals surface area contributed by atoms with Crippen LogP contribution >= 0.6 is 0 Å². The molecule has 2 N–H and O–H groups in total. The van der Waals surface area contributed by atoms with Gasteiger partial charge in [0.1, 0.15) is 0 Å². The maximum atomic E-state index is 5.97. The van der Waals surface area contributed by atoms with Crippen LogP contribution in [-0.2, 0) is 13.1 Å². The van der Waals surface area contributed by atoms with Gasteiger partial charge in [-0.1, -0.05) is 6.07 Å². The molecule has 92 valence electrons. The van der Waals surface area contributed by atoms with Crippen LogP contribution in [0.3, 0.4) is 0 Å². The Labute approximate surface area is 105 Å². The summed E-state index contributed by atoms with van der Waals surface area (Å²) in [6.45, 7) is 3.61. The van der Waals surface area contributed by atoms with Gasteiger partial charge in [-0.3, -0.25) is 4.68 Å². The van der Waals surface area contributed by atoms with Gasteiger partial charge in [-0.2, -0.15) is 5.10 Å². The highest BCUT2D eigenvalue weighted by Crippen LogP contribution is 2.19. The van der Waals surface area contributed by atoms with Crippen molar-refractivity contribution in [1.29, 1.82) is 0 Å². The summed E-state index contributed by atoms with van der Waals surface area (Å²) in [5, 5.41) is 4.18. The molecule has 0 amide bonds. The fourth-order valence-electron chi connectivity index (χ4n) is 2.13. The van der Waals surface area contributed by atoms with Crippen LogP contribution in [0.15, 0.2) is 36.7 Å². The van der Waals surface area contributed by atoms with Crippen LogP contribution in [0, 0.1) is 6.92 Å². The number of rotatable bonds is 3. The van der Waals surface area contributed by atoms with Crippen LogP contribution in [0.25, 0.3) is 11.0 Å². The van der Waals surface area contributed by atoms with Gasteiger partial charge < -0.3 is 10.3 Å². The summed E-state index contributed by atoms with van der Waals surface area (Å²) in [5.41, 5.74) is 9.18. The van der Waals surface area contributed by atoms with Crippen molar-refractivity contribution in [1.82, 2.24) is 19.3 Å². The molecular weight excluding hydrogens is 226 g/mol. The van der Waals surface area contributed by atoms with E-state index in [2.05, 4.69) is 35.2 Å². The molecule has 0 aliphatic carbocycles. The third-order valence-corrected chi connectivity index (χ3v) is 3.05. The molecule has 0 atom stereocenters. The maximum Gasteiger partial charge on any atom is 0.201 e. The normalized spacial score (nSPS) is 11.2. The van der Waals surface area contributed by atoms with Gasteiger partial charge in [-0.15, -0.1) is 0 Å². The van der Waals surface area contributed by atoms with E-state index in [1.54, 1.807) is 6.20 Å². The fourth-order valence-corrected chi connectivity index (χ4v) is 2.13. The minimum Gasteiger partial charge on any atom is -0.369 e.